The summed E-state index contributed by atoms with van der Waals surface area (Å²) in [5.74, 6) is 0.250. The van der Waals surface area contributed by atoms with E-state index in [1.807, 2.05) is 0 Å². The van der Waals surface area contributed by atoms with Gasteiger partial charge in [-0.05, 0) is 26.2 Å². The Morgan fingerprint density at radius 1 is 1.50 bits per heavy atom. The summed E-state index contributed by atoms with van der Waals surface area (Å²) >= 11 is 0. The van der Waals surface area contributed by atoms with E-state index in [4.69, 9.17) is 4.42 Å². The maximum atomic E-state index is 12.7. The van der Waals surface area contributed by atoms with Crippen LogP contribution < -0.4 is 5.32 Å². The first-order valence-corrected chi connectivity index (χ1v) is 7.64. The molecule has 1 aromatic heterocycles. The van der Waals surface area contributed by atoms with Crippen molar-refractivity contribution < 1.29 is 19.1 Å². The van der Waals surface area contributed by atoms with Crippen molar-refractivity contribution in [1.82, 2.24) is 15.2 Å². The summed E-state index contributed by atoms with van der Waals surface area (Å²) in [7, 11) is 0. The number of piperidine rings is 2. The van der Waals surface area contributed by atoms with Crippen molar-refractivity contribution in [3.8, 4) is 0 Å². The highest BCUT2D eigenvalue weighted by molar-refractivity contribution is 5.93. The molecule has 7 heteroatoms. The van der Waals surface area contributed by atoms with Crippen LogP contribution in [-0.2, 0) is 4.79 Å². The zero-order valence-electron chi connectivity index (χ0n) is 12.9. The fraction of sp³-hybridized carbons (Fsp3) is 0.667. The van der Waals surface area contributed by atoms with E-state index < -0.39 is 11.5 Å². The largest absolute Gasteiger partial charge is 0.436 e. The van der Waals surface area contributed by atoms with Crippen molar-refractivity contribution in [1.29, 1.82) is 0 Å². The summed E-state index contributed by atoms with van der Waals surface area (Å²) in [6, 6.07) is 0. The van der Waals surface area contributed by atoms with Crippen LogP contribution in [0.2, 0.25) is 0 Å². The van der Waals surface area contributed by atoms with E-state index in [1.54, 1.807) is 18.7 Å². The number of aromatic nitrogens is 1. The number of hydrogen-bond acceptors (Lipinski definition) is 5. The number of carbonyl (C=O) groups excluding carboxylic acids is 2. The smallest absolute Gasteiger partial charge is 0.291 e. The molecule has 120 valence electrons. The Kier molecular flexibility index (Phi) is 3.68. The Morgan fingerprint density at radius 3 is 2.91 bits per heavy atom. The lowest BCUT2D eigenvalue weighted by Gasteiger charge is -2.46. The van der Waals surface area contributed by atoms with Crippen molar-refractivity contribution in [2.24, 2.45) is 5.41 Å². The van der Waals surface area contributed by atoms with Gasteiger partial charge in [0.15, 0.2) is 5.89 Å². The molecule has 0 aliphatic carbocycles. The standard InChI is InChI=1S/C15H21N3O4/c1-9-12(22-10(2)17-9)13(20)18-7-4-11(19)15(8-18)5-3-6-16-14(15)21/h11,19H,3-8H2,1-2H3,(H,16,21)/t11-,15+/m0/s1. The van der Waals surface area contributed by atoms with Crippen molar-refractivity contribution in [3.63, 3.8) is 0 Å². The number of hydrogen-bond donors (Lipinski definition) is 2. The number of nitrogens with one attached hydrogen (secondary N) is 1. The zero-order valence-corrected chi connectivity index (χ0v) is 12.9. The number of amides is 2. The lowest BCUT2D eigenvalue weighted by molar-refractivity contribution is -0.147. The van der Waals surface area contributed by atoms with Crippen LogP contribution in [0.4, 0.5) is 0 Å². The van der Waals surface area contributed by atoms with E-state index in [-0.39, 0.29) is 24.1 Å². The minimum absolute atomic E-state index is 0.158. The van der Waals surface area contributed by atoms with Crippen LogP contribution in [0, 0.1) is 19.3 Å². The Labute approximate surface area is 128 Å². The molecule has 0 unspecified atom stereocenters. The fourth-order valence-electron chi connectivity index (χ4n) is 3.49. The van der Waals surface area contributed by atoms with Crippen molar-refractivity contribution in [3.05, 3.63) is 17.3 Å². The number of aliphatic hydroxyl groups is 1. The van der Waals surface area contributed by atoms with Crippen LogP contribution in [-0.4, -0.2) is 52.5 Å². The Bertz CT molecular complexity index is 612. The molecule has 2 aliphatic rings. The van der Waals surface area contributed by atoms with Crippen molar-refractivity contribution in [2.45, 2.75) is 39.2 Å². The summed E-state index contributed by atoms with van der Waals surface area (Å²) in [6.07, 6.45) is 1.09. The quantitative estimate of drug-likeness (QED) is 0.783. The molecule has 1 aromatic rings. The predicted octanol–water partition coefficient (Wildman–Crippen LogP) is 0.395. The van der Waals surface area contributed by atoms with E-state index >= 15 is 0 Å². The fourth-order valence-corrected chi connectivity index (χ4v) is 3.49. The van der Waals surface area contributed by atoms with Gasteiger partial charge in [-0.25, -0.2) is 4.98 Å². The molecular weight excluding hydrogens is 286 g/mol. The molecule has 2 N–H and O–H groups in total. The minimum atomic E-state index is -0.894. The van der Waals surface area contributed by atoms with Gasteiger partial charge in [0.05, 0.1) is 17.2 Å². The first-order valence-electron chi connectivity index (χ1n) is 7.64. The van der Waals surface area contributed by atoms with Crippen LogP contribution in [0.15, 0.2) is 4.42 Å². The van der Waals surface area contributed by atoms with E-state index in [1.165, 1.54) is 0 Å². The summed E-state index contributed by atoms with van der Waals surface area (Å²) in [5, 5.41) is 13.2. The first kappa shape index (κ1) is 15.0. The van der Waals surface area contributed by atoms with E-state index in [0.29, 0.717) is 37.5 Å². The van der Waals surface area contributed by atoms with Crippen LogP contribution >= 0.6 is 0 Å². The third kappa shape index (κ3) is 2.29. The molecule has 0 radical (unpaired) electrons. The molecule has 22 heavy (non-hydrogen) atoms. The summed E-state index contributed by atoms with van der Waals surface area (Å²) in [5.41, 5.74) is -0.342. The molecule has 0 bridgehead atoms. The van der Waals surface area contributed by atoms with Crippen molar-refractivity contribution >= 4 is 11.8 Å². The lowest BCUT2D eigenvalue weighted by Crippen LogP contribution is -2.62. The number of aliphatic hydroxyl groups excluding tert-OH is 1. The van der Waals surface area contributed by atoms with Gasteiger partial charge in [-0.1, -0.05) is 0 Å². The predicted molar refractivity (Wildman–Crippen MR) is 77.2 cm³/mol. The summed E-state index contributed by atoms with van der Waals surface area (Å²) in [4.78, 5) is 30.7. The second-order valence-electron chi connectivity index (χ2n) is 6.19. The normalized spacial score (nSPS) is 28.8. The average molecular weight is 307 g/mol. The zero-order chi connectivity index (χ0) is 15.9. The number of nitrogens with zero attached hydrogens (tertiary/aromatic N) is 2. The second kappa shape index (κ2) is 5.39. The Morgan fingerprint density at radius 2 is 2.27 bits per heavy atom. The Hall–Kier alpha value is -1.89. The highest BCUT2D eigenvalue weighted by atomic mass is 16.4. The average Bonchev–Trinajstić information content (AvgIpc) is 2.83. The van der Waals surface area contributed by atoms with Crippen LogP contribution in [0.3, 0.4) is 0 Å². The molecular formula is C15H21N3O4. The molecule has 3 heterocycles. The van der Waals surface area contributed by atoms with Gasteiger partial charge in [0.25, 0.3) is 5.91 Å². The highest BCUT2D eigenvalue weighted by Gasteiger charge is 2.51. The highest BCUT2D eigenvalue weighted by Crippen LogP contribution is 2.37. The van der Waals surface area contributed by atoms with Crippen molar-refractivity contribution in [2.75, 3.05) is 19.6 Å². The number of oxazole rings is 1. The van der Waals surface area contributed by atoms with Gasteiger partial charge in [0.1, 0.15) is 0 Å². The van der Waals surface area contributed by atoms with Gasteiger partial charge in [-0.15, -0.1) is 0 Å². The Balaban J connectivity index is 1.85. The number of carbonyl (C=O) groups is 2. The van der Waals surface area contributed by atoms with E-state index in [9.17, 15) is 14.7 Å². The van der Waals surface area contributed by atoms with Gasteiger partial charge < -0.3 is 19.7 Å². The molecule has 2 atom stereocenters. The van der Waals surface area contributed by atoms with E-state index in [2.05, 4.69) is 10.3 Å². The van der Waals surface area contributed by atoms with Crippen LogP contribution in [0.25, 0.3) is 0 Å². The lowest BCUT2D eigenvalue weighted by atomic mass is 9.71. The maximum Gasteiger partial charge on any atom is 0.291 e. The van der Waals surface area contributed by atoms with Crippen LogP contribution in [0.5, 0.6) is 0 Å². The second-order valence-corrected chi connectivity index (χ2v) is 6.19. The van der Waals surface area contributed by atoms with Crippen LogP contribution in [0.1, 0.15) is 41.4 Å². The summed E-state index contributed by atoms with van der Waals surface area (Å²) < 4.78 is 5.39. The van der Waals surface area contributed by atoms with Gasteiger partial charge in [0, 0.05) is 26.6 Å². The number of rotatable bonds is 1. The minimum Gasteiger partial charge on any atom is -0.436 e. The number of likely N-dealkylation sites (tertiary alicyclic amines) is 1. The number of aryl methyl sites for hydroxylation is 2. The maximum absolute atomic E-state index is 12.7. The molecule has 2 amide bonds. The van der Waals surface area contributed by atoms with E-state index in [0.717, 1.165) is 6.42 Å². The molecule has 2 saturated heterocycles. The third-order valence-electron chi connectivity index (χ3n) is 4.71. The molecule has 0 aromatic carbocycles. The van der Waals surface area contributed by atoms with Gasteiger partial charge in [-0.3, -0.25) is 9.59 Å². The SMILES string of the molecule is Cc1nc(C)c(C(=O)N2CC[C@H](O)[C@@]3(CCCNC3=O)C2)o1. The molecule has 0 saturated carbocycles. The first-order chi connectivity index (χ1) is 10.4. The van der Waals surface area contributed by atoms with Gasteiger partial charge in [-0.2, -0.15) is 0 Å². The molecule has 3 rings (SSSR count). The molecule has 1 spiro atoms. The molecule has 2 aliphatic heterocycles. The monoisotopic (exact) mass is 307 g/mol. The molecule has 2 fully saturated rings. The van der Waals surface area contributed by atoms with Gasteiger partial charge >= 0.3 is 0 Å². The topological polar surface area (TPSA) is 95.7 Å². The van der Waals surface area contributed by atoms with Gasteiger partial charge in [0.2, 0.25) is 11.7 Å². The molecule has 7 nitrogen and oxygen atoms in total. The summed E-state index contributed by atoms with van der Waals surface area (Å²) in [6.45, 7) is 4.68. The third-order valence-corrected chi connectivity index (χ3v) is 4.71.